The van der Waals surface area contributed by atoms with E-state index in [1.54, 1.807) is 7.11 Å². The second kappa shape index (κ2) is 11.5. The van der Waals surface area contributed by atoms with Crippen LogP contribution < -0.4 is 9.64 Å². The number of halogens is 1. The maximum Gasteiger partial charge on any atom is 0.311 e. The van der Waals surface area contributed by atoms with Gasteiger partial charge in [0.05, 0.1) is 23.8 Å². The molecule has 0 N–H and O–H groups in total. The number of nitrogens with zero attached hydrogens (tertiary/aromatic N) is 4. The van der Waals surface area contributed by atoms with Crippen LogP contribution in [0, 0.1) is 0 Å². The Labute approximate surface area is 232 Å². The van der Waals surface area contributed by atoms with Crippen LogP contribution in [0.5, 0.6) is 5.75 Å². The number of anilines is 1. The van der Waals surface area contributed by atoms with Gasteiger partial charge in [0.15, 0.2) is 5.84 Å². The van der Waals surface area contributed by atoms with Crippen LogP contribution in [0.4, 0.5) is 10.5 Å². The summed E-state index contributed by atoms with van der Waals surface area (Å²) in [6, 6.07) is 23.9. The first-order valence-corrected chi connectivity index (χ1v) is 13.8. The average Bonchev–Trinajstić information content (AvgIpc) is 3.54. The van der Waals surface area contributed by atoms with E-state index < -0.39 is 0 Å². The number of thioether (sulfide) groups is 1. The zero-order chi connectivity index (χ0) is 26.6. The van der Waals surface area contributed by atoms with Gasteiger partial charge < -0.3 is 9.64 Å². The third-order valence-corrected chi connectivity index (χ3v) is 7.78. The number of ether oxygens (including phenoxy) is 1. The Kier molecular flexibility index (Phi) is 7.86. The van der Waals surface area contributed by atoms with Crippen molar-refractivity contribution in [3.63, 3.8) is 0 Å². The molecule has 2 aliphatic heterocycles. The van der Waals surface area contributed by atoms with Crippen molar-refractivity contribution in [2.75, 3.05) is 25.1 Å². The van der Waals surface area contributed by atoms with Gasteiger partial charge >= 0.3 is 5.24 Å². The standard InChI is InChI=1S/C30H29ClN4O2S/c1-4-34(5-2)24-14-6-20(7-15-24)18-28-29(32-30(36)38-28)35-27(22-8-12-23(31)13-9-22)19-26(33-35)21-10-16-25(37-3)17-11-21/h6-18,27H,4-5,19H2,1-3H3/b28-18-. The number of methoxy groups -OCH3 is 1. The molecule has 8 heteroatoms. The fraction of sp³-hybridized carbons (Fsp3) is 0.233. The summed E-state index contributed by atoms with van der Waals surface area (Å²) < 4.78 is 5.32. The van der Waals surface area contributed by atoms with E-state index in [2.05, 4.69) is 48.0 Å². The summed E-state index contributed by atoms with van der Waals surface area (Å²) in [4.78, 5) is 20.1. The molecule has 0 saturated carbocycles. The third kappa shape index (κ3) is 5.49. The lowest BCUT2D eigenvalue weighted by Gasteiger charge is -2.24. The first kappa shape index (κ1) is 26.1. The molecule has 0 saturated heterocycles. The highest BCUT2D eigenvalue weighted by atomic mass is 35.5. The second-order valence-corrected chi connectivity index (χ2v) is 10.4. The molecule has 38 heavy (non-hydrogen) atoms. The van der Waals surface area contributed by atoms with E-state index >= 15 is 0 Å². The minimum atomic E-state index is -0.242. The number of carbonyl (C=O) groups excluding carboxylic acids is 1. The SMILES string of the molecule is CCN(CC)c1ccc(/C=C2\SC(=O)N=C2N2N=C(c3ccc(OC)cc3)CC2c2ccc(Cl)cc2)cc1. The van der Waals surface area contributed by atoms with Crippen molar-refractivity contribution in [2.24, 2.45) is 10.1 Å². The van der Waals surface area contributed by atoms with E-state index in [-0.39, 0.29) is 11.3 Å². The molecule has 0 spiro atoms. The van der Waals surface area contributed by atoms with Gasteiger partial charge in [-0.15, -0.1) is 0 Å². The fourth-order valence-corrected chi connectivity index (χ4v) is 5.56. The largest absolute Gasteiger partial charge is 0.497 e. The zero-order valence-electron chi connectivity index (χ0n) is 21.6. The summed E-state index contributed by atoms with van der Waals surface area (Å²) in [7, 11) is 1.65. The molecule has 1 atom stereocenters. The number of amides is 1. The Bertz CT molecular complexity index is 1400. The van der Waals surface area contributed by atoms with Gasteiger partial charge in [-0.2, -0.15) is 10.1 Å². The molecular weight excluding hydrogens is 516 g/mol. The van der Waals surface area contributed by atoms with Gasteiger partial charge in [0.25, 0.3) is 0 Å². The molecule has 6 nitrogen and oxygen atoms in total. The summed E-state index contributed by atoms with van der Waals surface area (Å²) in [6.45, 7) is 6.20. The summed E-state index contributed by atoms with van der Waals surface area (Å²) >= 11 is 7.31. The van der Waals surface area contributed by atoms with Crippen LogP contribution >= 0.6 is 23.4 Å². The molecule has 3 aromatic rings. The number of carbonyl (C=O) groups is 1. The van der Waals surface area contributed by atoms with Crippen LogP contribution in [0.15, 0.2) is 87.8 Å². The first-order valence-electron chi connectivity index (χ1n) is 12.6. The quantitative estimate of drug-likeness (QED) is 0.306. The Morgan fingerprint density at radius 1 is 1.03 bits per heavy atom. The maximum absolute atomic E-state index is 12.6. The van der Waals surface area contributed by atoms with Gasteiger partial charge in [-0.1, -0.05) is 35.9 Å². The fourth-order valence-electron chi connectivity index (χ4n) is 4.69. The molecule has 0 fully saturated rings. The molecular formula is C30H29ClN4O2S. The zero-order valence-corrected chi connectivity index (χ0v) is 23.2. The molecule has 194 valence electrons. The highest BCUT2D eigenvalue weighted by Gasteiger charge is 2.36. The van der Waals surface area contributed by atoms with Crippen LogP contribution in [0.2, 0.25) is 5.02 Å². The topological polar surface area (TPSA) is 57.5 Å². The molecule has 1 unspecified atom stereocenters. The lowest BCUT2D eigenvalue weighted by Crippen LogP contribution is -2.26. The number of hydrogen-bond acceptors (Lipinski definition) is 6. The molecule has 0 aliphatic carbocycles. The Morgan fingerprint density at radius 2 is 1.71 bits per heavy atom. The molecule has 0 radical (unpaired) electrons. The van der Waals surface area contributed by atoms with Crippen LogP contribution in [0.3, 0.4) is 0 Å². The summed E-state index contributed by atoms with van der Waals surface area (Å²) in [6.07, 6.45) is 2.68. The van der Waals surface area contributed by atoms with Crippen molar-refractivity contribution in [2.45, 2.75) is 26.3 Å². The van der Waals surface area contributed by atoms with Crippen LogP contribution in [0.25, 0.3) is 6.08 Å². The van der Waals surface area contributed by atoms with Crippen molar-refractivity contribution in [1.82, 2.24) is 5.01 Å². The minimum absolute atomic E-state index is 0.122. The lowest BCUT2D eigenvalue weighted by atomic mass is 9.98. The Balaban J connectivity index is 1.50. The van der Waals surface area contributed by atoms with Gasteiger partial charge in [0.1, 0.15) is 5.75 Å². The first-order chi connectivity index (χ1) is 18.5. The molecule has 0 aromatic heterocycles. The van der Waals surface area contributed by atoms with Crippen LogP contribution in [-0.2, 0) is 0 Å². The van der Waals surface area contributed by atoms with Crippen molar-refractivity contribution < 1.29 is 9.53 Å². The minimum Gasteiger partial charge on any atom is -0.497 e. The predicted octanol–water partition coefficient (Wildman–Crippen LogP) is 7.65. The van der Waals surface area contributed by atoms with E-state index in [0.29, 0.717) is 17.3 Å². The molecule has 0 bridgehead atoms. The van der Waals surface area contributed by atoms with Gasteiger partial charge in [-0.25, -0.2) is 5.01 Å². The molecule has 5 rings (SSSR count). The normalized spacial score (nSPS) is 18.1. The van der Waals surface area contributed by atoms with Crippen molar-refractivity contribution in [3.8, 4) is 5.75 Å². The van der Waals surface area contributed by atoms with Gasteiger partial charge in [-0.3, -0.25) is 4.79 Å². The second-order valence-electron chi connectivity index (χ2n) is 8.97. The summed E-state index contributed by atoms with van der Waals surface area (Å²) in [5.41, 5.74) is 5.16. The van der Waals surface area contributed by atoms with Crippen molar-refractivity contribution in [3.05, 3.63) is 99.4 Å². The highest BCUT2D eigenvalue weighted by Crippen LogP contribution is 2.40. The van der Waals surface area contributed by atoms with Gasteiger partial charge in [-0.05, 0) is 96.9 Å². The maximum atomic E-state index is 12.6. The Hall–Kier alpha value is -3.55. The van der Waals surface area contributed by atoms with Crippen LogP contribution in [0.1, 0.15) is 43.0 Å². The van der Waals surface area contributed by atoms with E-state index in [0.717, 1.165) is 57.9 Å². The van der Waals surface area contributed by atoms with Gasteiger partial charge in [0.2, 0.25) is 0 Å². The third-order valence-electron chi connectivity index (χ3n) is 6.74. The van der Waals surface area contributed by atoms with Crippen molar-refractivity contribution >= 4 is 51.9 Å². The highest BCUT2D eigenvalue weighted by molar-refractivity contribution is 8.18. The molecule has 1 amide bonds. The Morgan fingerprint density at radius 3 is 2.34 bits per heavy atom. The van der Waals surface area contributed by atoms with E-state index in [1.165, 1.54) is 5.69 Å². The van der Waals surface area contributed by atoms with Crippen LogP contribution in [-0.4, -0.2) is 42.0 Å². The number of aliphatic imine (C=N–C) groups is 1. The summed E-state index contributed by atoms with van der Waals surface area (Å²) in [5, 5.41) is 7.31. The summed E-state index contributed by atoms with van der Waals surface area (Å²) in [5.74, 6) is 1.36. The molecule has 2 heterocycles. The molecule has 2 aliphatic rings. The number of hydrogen-bond donors (Lipinski definition) is 0. The van der Waals surface area contributed by atoms with E-state index in [9.17, 15) is 4.79 Å². The molecule has 3 aromatic carbocycles. The monoisotopic (exact) mass is 544 g/mol. The average molecular weight is 545 g/mol. The van der Waals surface area contributed by atoms with Crippen molar-refractivity contribution in [1.29, 1.82) is 0 Å². The number of benzene rings is 3. The van der Waals surface area contributed by atoms with E-state index in [4.69, 9.17) is 21.4 Å². The number of hydrazone groups is 1. The number of amidine groups is 1. The van der Waals surface area contributed by atoms with Gasteiger partial charge in [0, 0.05) is 30.2 Å². The smallest absolute Gasteiger partial charge is 0.311 e. The van der Waals surface area contributed by atoms with E-state index in [1.807, 2.05) is 59.6 Å². The lowest BCUT2D eigenvalue weighted by molar-refractivity contribution is 0.267. The number of rotatable bonds is 7. The predicted molar refractivity (Wildman–Crippen MR) is 159 cm³/mol.